The molecular weight excluding hydrogens is 579 g/mol. The number of benzene rings is 2. The molecule has 8 nitrogen and oxygen atoms in total. The predicted molar refractivity (Wildman–Crippen MR) is 152 cm³/mol. The van der Waals surface area contributed by atoms with Crippen molar-refractivity contribution in [1.29, 1.82) is 0 Å². The number of fused-ring (bicyclic) bond motifs is 2. The molecule has 6 rings (SSSR count). The molecule has 2 aromatic carbocycles. The summed E-state index contributed by atoms with van der Waals surface area (Å²) < 4.78 is 1.37. The normalized spacial score (nSPS) is 20.1. The van der Waals surface area contributed by atoms with Crippen LogP contribution in [0.4, 0.5) is 11.4 Å². The van der Waals surface area contributed by atoms with Crippen LogP contribution in [0.25, 0.3) is 0 Å². The van der Waals surface area contributed by atoms with Crippen LogP contribution in [0, 0.1) is 5.92 Å². The molecule has 2 aliphatic rings. The summed E-state index contributed by atoms with van der Waals surface area (Å²) >= 11 is 14.1. The van der Waals surface area contributed by atoms with Gasteiger partial charge >= 0.3 is 4.87 Å². The van der Waals surface area contributed by atoms with Crippen LogP contribution in [0.3, 0.4) is 0 Å². The predicted octanol–water partition coefficient (Wildman–Crippen LogP) is 5.05. The van der Waals surface area contributed by atoms with Crippen molar-refractivity contribution in [1.82, 2.24) is 9.55 Å². The van der Waals surface area contributed by atoms with Gasteiger partial charge in [-0.05, 0) is 60.2 Å². The molecule has 4 aromatic rings. The second-order valence-electron chi connectivity index (χ2n) is 9.00. The summed E-state index contributed by atoms with van der Waals surface area (Å²) in [5.74, 6) is -2.46. The van der Waals surface area contributed by atoms with Gasteiger partial charge in [-0.15, -0.1) is 0 Å². The lowest BCUT2D eigenvalue weighted by molar-refractivity contribution is -0.122. The van der Waals surface area contributed by atoms with Crippen LogP contribution in [0.1, 0.15) is 16.4 Å². The van der Waals surface area contributed by atoms with Crippen molar-refractivity contribution >= 4 is 75.4 Å². The molecule has 2 aromatic heterocycles. The van der Waals surface area contributed by atoms with E-state index in [-0.39, 0.29) is 23.2 Å². The molecule has 196 valence electrons. The first kappa shape index (κ1) is 25.8. The Hall–Kier alpha value is -3.44. The summed E-state index contributed by atoms with van der Waals surface area (Å²) in [5.41, 5.74) is 1.68. The number of anilines is 2. The average Bonchev–Trinajstić information content (AvgIpc) is 3.37. The number of nitrogens with zero attached hydrogens (tertiary/aromatic N) is 3. The lowest BCUT2D eigenvalue weighted by Crippen LogP contribution is -2.33. The molecule has 2 aliphatic heterocycles. The summed E-state index contributed by atoms with van der Waals surface area (Å²) in [6, 6.07) is 16.7. The Morgan fingerprint density at radius 3 is 2.31 bits per heavy atom. The Labute approximate surface area is 240 Å². The van der Waals surface area contributed by atoms with Crippen molar-refractivity contribution in [3.8, 4) is 0 Å². The number of hydrogen-bond donors (Lipinski definition) is 1. The number of amides is 3. The molecule has 0 bridgehead atoms. The quantitative estimate of drug-likeness (QED) is 0.324. The number of hydrogen-bond acceptors (Lipinski definition) is 7. The Balaban J connectivity index is 1.39. The second-order valence-corrected chi connectivity index (χ2v) is 12.0. The van der Waals surface area contributed by atoms with Gasteiger partial charge in [0.2, 0.25) is 17.7 Å². The van der Waals surface area contributed by atoms with Crippen molar-refractivity contribution in [3.63, 3.8) is 0 Å². The first-order valence-electron chi connectivity index (χ1n) is 11.8. The van der Waals surface area contributed by atoms with Crippen LogP contribution in [-0.2, 0) is 20.9 Å². The van der Waals surface area contributed by atoms with Gasteiger partial charge in [-0.1, -0.05) is 52.4 Å². The highest BCUT2D eigenvalue weighted by molar-refractivity contribution is 8.00. The highest BCUT2D eigenvalue weighted by atomic mass is 35.5. The van der Waals surface area contributed by atoms with Gasteiger partial charge in [0, 0.05) is 38.9 Å². The molecule has 1 saturated heterocycles. The first-order valence-corrected chi connectivity index (χ1v) is 14.3. The average molecular weight is 598 g/mol. The first-order chi connectivity index (χ1) is 18.8. The smallest absolute Gasteiger partial charge is 0.308 e. The SMILES string of the molecule is O=C(Cn1c2c(sc1=O)[C@H](c1cccnc1)C1C(=O)N(c3ccc(Cl)cc3)C(=O)C1S2)Nc1ccc(Cl)cc1. The molecule has 39 heavy (non-hydrogen) atoms. The Morgan fingerprint density at radius 2 is 1.64 bits per heavy atom. The lowest BCUT2D eigenvalue weighted by atomic mass is 9.84. The van der Waals surface area contributed by atoms with E-state index < -0.39 is 23.0 Å². The maximum Gasteiger partial charge on any atom is 0.308 e. The van der Waals surface area contributed by atoms with Gasteiger partial charge in [0.15, 0.2) is 0 Å². The number of imide groups is 1. The highest BCUT2D eigenvalue weighted by Crippen LogP contribution is 2.53. The van der Waals surface area contributed by atoms with Crippen molar-refractivity contribution < 1.29 is 14.4 Å². The number of nitrogens with one attached hydrogen (secondary N) is 1. The molecule has 2 unspecified atom stereocenters. The zero-order valence-corrected chi connectivity index (χ0v) is 23.1. The molecular formula is C27H18Cl2N4O4S2. The van der Waals surface area contributed by atoms with Gasteiger partial charge in [0.25, 0.3) is 0 Å². The summed E-state index contributed by atoms with van der Waals surface area (Å²) in [5, 5.41) is 3.51. The fourth-order valence-electron chi connectivity index (χ4n) is 4.90. The van der Waals surface area contributed by atoms with Crippen LogP contribution in [0.15, 0.2) is 82.9 Å². The minimum absolute atomic E-state index is 0.250. The molecule has 0 radical (unpaired) electrons. The van der Waals surface area contributed by atoms with Crippen LogP contribution in [0.5, 0.6) is 0 Å². The van der Waals surface area contributed by atoms with Crippen LogP contribution in [0.2, 0.25) is 10.0 Å². The van der Waals surface area contributed by atoms with E-state index in [1.54, 1.807) is 67.0 Å². The summed E-state index contributed by atoms with van der Waals surface area (Å²) in [7, 11) is 0. The van der Waals surface area contributed by atoms with Gasteiger partial charge in [-0.25, -0.2) is 4.90 Å². The maximum absolute atomic E-state index is 13.8. The van der Waals surface area contributed by atoms with E-state index in [1.807, 2.05) is 6.07 Å². The number of thioether (sulfide) groups is 1. The fourth-order valence-corrected chi connectivity index (χ4v) is 7.92. The van der Waals surface area contributed by atoms with E-state index in [0.29, 0.717) is 36.9 Å². The Morgan fingerprint density at radius 1 is 0.949 bits per heavy atom. The minimum Gasteiger partial charge on any atom is -0.325 e. The Bertz CT molecular complexity index is 1660. The van der Waals surface area contributed by atoms with Crippen molar-refractivity contribution in [2.24, 2.45) is 5.92 Å². The fraction of sp³-hybridized carbons (Fsp3) is 0.148. The van der Waals surface area contributed by atoms with Crippen LogP contribution in [-0.4, -0.2) is 32.5 Å². The van der Waals surface area contributed by atoms with Gasteiger partial charge in [0.1, 0.15) is 11.8 Å². The molecule has 12 heteroatoms. The van der Waals surface area contributed by atoms with E-state index in [1.165, 1.54) is 9.47 Å². The van der Waals surface area contributed by atoms with Gasteiger partial charge < -0.3 is 5.32 Å². The van der Waals surface area contributed by atoms with Crippen molar-refractivity contribution in [2.45, 2.75) is 22.7 Å². The standard InChI is InChI=1S/C27H18Cl2N4O4S2/c28-15-3-7-17(8-4-15)31-19(34)13-32-26-23(39-27(32)37)20(14-2-1-11-30-12-14)21-22(38-26)25(36)33(24(21)35)18-9-5-16(29)6-10-18/h1-12,20-22H,13H2,(H,31,34)/t20-,21?,22?/m1/s1. The molecule has 1 N–H and O–H groups in total. The third-order valence-corrected chi connectivity index (χ3v) is 9.72. The second kappa shape index (κ2) is 10.3. The minimum atomic E-state index is -0.787. The largest absolute Gasteiger partial charge is 0.325 e. The number of pyridine rings is 1. The molecule has 4 heterocycles. The van der Waals surface area contributed by atoms with E-state index in [9.17, 15) is 19.2 Å². The lowest BCUT2D eigenvalue weighted by Gasteiger charge is -2.30. The number of carbonyl (C=O) groups is 3. The molecule has 3 amide bonds. The Kier molecular flexibility index (Phi) is 6.80. The molecule has 0 spiro atoms. The van der Waals surface area contributed by atoms with Gasteiger partial charge in [-0.2, -0.15) is 0 Å². The van der Waals surface area contributed by atoms with E-state index in [2.05, 4.69) is 10.3 Å². The molecule has 3 atom stereocenters. The third kappa shape index (κ3) is 4.67. The maximum atomic E-state index is 13.8. The van der Waals surface area contributed by atoms with E-state index in [4.69, 9.17) is 23.2 Å². The van der Waals surface area contributed by atoms with Crippen molar-refractivity contribution in [3.05, 3.63) is 103 Å². The topological polar surface area (TPSA) is 101 Å². The third-order valence-electron chi connectivity index (χ3n) is 6.61. The number of thiazole rings is 1. The van der Waals surface area contributed by atoms with E-state index >= 15 is 0 Å². The highest BCUT2D eigenvalue weighted by Gasteiger charge is 2.56. The number of aromatic nitrogens is 2. The van der Waals surface area contributed by atoms with Gasteiger partial charge in [0.05, 0.1) is 16.6 Å². The molecule has 0 aliphatic carbocycles. The summed E-state index contributed by atoms with van der Waals surface area (Å²) in [6.07, 6.45) is 3.27. The van der Waals surface area contributed by atoms with E-state index in [0.717, 1.165) is 23.1 Å². The number of halogens is 2. The van der Waals surface area contributed by atoms with Crippen molar-refractivity contribution in [2.75, 3.05) is 10.2 Å². The van der Waals surface area contributed by atoms with Crippen LogP contribution >= 0.6 is 46.3 Å². The van der Waals surface area contributed by atoms with Crippen LogP contribution < -0.4 is 15.1 Å². The summed E-state index contributed by atoms with van der Waals surface area (Å²) in [6.45, 7) is -0.250. The molecule has 0 saturated carbocycles. The number of carbonyl (C=O) groups excluding carboxylic acids is 3. The summed E-state index contributed by atoms with van der Waals surface area (Å²) in [4.78, 5) is 59.3. The monoisotopic (exact) mass is 596 g/mol. The molecule has 1 fully saturated rings. The number of rotatable bonds is 5. The zero-order valence-electron chi connectivity index (χ0n) is 19.9. The zero-order chi connectivity index (χ0) is 27.3. The van der Waals surface area contributed by atoms with Gasteiger partial charge in [-0.3, -0.25) is 28.7 Å².